The van der Waals surface area contributed by atoms with E-state index in [0.717, 1.165) is 13.4 Å². The smallest absolute Gasteiger partial charge is 0.343 e. The van der Waals surface area contributed by atoms with Gasteiger partial charge >= 0.3 is 21.9 Å². The minimum Gasteiger partial charge on any atom is -0.477 e. The van der Waals surface area contributed by atoms with E-state index in [4.69, 9.17) is 0 Å². The molecule has 0 unspecified atom stereocenters. The van der Waals surface area contributed by atoms with Crippen LogP contribution in [0.25, 0.3) is 5.69 Å². The first-order valence-electron chi connectivity index (χ1n) is 11.2. The van der Waals surface area contributed by atoms with Gasteiger partial charge in [-0.25, -0.2) is 9.59 Å². The molecule has 1 saturated heterocycles. The van der Waals surface area contributed by atoms with Crippen molar-refractivity contribution in [2.45, 2.75) is 26.8 Å². The minimum absolute atomic E-state index is 0.0299. The molecule has 1 aliphatic rings. The summed E-state index contributed by atoms with van der Waals surface area (Å²) in [5.74, 6) is -1.52. The largest absolute Gasteiger partial charge is 0.477 e. The van der Waals surface area contributed by atoms with E-state index in [1.54, 1.807) is 6.92 Å². The van der Waals surface area contributed by atoms with Crippen molar-refractivity contribution < 1.29 is 23.2 Å². The lowest BCUT2D eigenvalue weighted by Crippen LogP contribution is -2.44. The van der Waals surface area contributed by atoms with E-state index in [-0.39, 0.29) is 48.7 Å². The Kier molecular flexibility index (Phi) is 6.71. The highest BCUT2D eigenvalue weighted by atomic mass is 32.2. The standard InChI is InChI=1S/C23H23N5O8S/c1-3-18-20(22(30)31)21(29)25(13-15-5-4-6-19(14(15)2)28(33)34)23(32)27(18)17-9-7-16(8-10-17)26-12-11-24-37(26,35)36/h4-10,24H,3,11-13H2,1-2H3,(H,30,31). The van der Waals surface area contributed by atoms with Gasteiger partial charge in [-0.15, -0.1) is 0 Å². The number of nitrogens with one attached hydrogen (secondary N) is 1. The predicted octanol–water partition coefficient (Wildman–Crippen LogP) is 1.18. The average Bonchev–Trinajstić information content (AvgIpc) is 3.20. The van der Waals surface area contributed by atoms with Gasteiger partial charge in [-0.2, -0.15) is 13.1 Å². The molecule has 2 heterocycles. The number of carboxylic acid groups (broad SMARTS) is 1. The minimum atomic E-state index is -3.67. The van der Waals surface area contributed by atoms with Crippen LogP contribution in [0.15, 0.2) is 52.1 Å². The van der Waals surface area contributed by atoms with Crippen LogP contribution in [0.5, 0.6) is 0 Å². The van der Waals surface area contributed by atoms with Crippen molar-refractivity contribution >= 4 is 27.6 Å². The summed E-state index contributed by atoms with van der Waals surface area (Å²) in [5, 5.41) is 21.2. The molecule has 194 valence electrons. The fourth-order valence-corrected chi connectivity index (χ4v) is 5.60. The zero-order valence-electron chi connectivity index (χ0n) is 19.9. The van der Waals surface area contributed by atoms with Crippen LogP contribution in [0.2, 0.25) is 0 Å². The molecule has 1 aromatic heterocycles. The fraction of sp³-hybridized carbons (Fsp3) is 0.261. The van der Waals surface area contributed by atoms with Crippen molar-refractivity contribution in [2.75, 3.05) is 17.4 Å². The topological polar surface area (TPSA) is 174 Å². The van der Waals surface area contributed by atoms with Crippen molar-refractivity contribution in [3.8, 4) is 5.69 Å². The van der Waals surface area contributed by atoms with Crippen molar-refractivity contribution in [3.63, 3.8) is 0 Å². The summed E-state index contributed by atoms with van der Waals surface area (Å²) in [6.45, 7) is 3.16. The maximum atomic E-state index is 13.6. The Morgan fingerprint density at radius 1 is 1.14 bits per heavy atom. The second kappa shape index (κ2) is 9.63. The SMILES string of the molecule is CCc1c(C(=O)O)c(=O)n(Cc2cccc([N+](=O)[O-])c2C)c(=O)n1-c1ccc(N2CCNS2(=O)=O)cc1. The third-order valence-electron chi connectivity index (χ3n) is 6.22. The normalized spacial score (nSPS) is 14.6. The molecule has 2 aromatic carbocycles. The van der Waals surface area contributed by atoms with Crippen LogP contribution in [-0.2, 0) is 23.2 Å². The van der Waals surface area contributed by atoms with E-state index in [2.05, 4.69) is 4.72 Å². The zero-order chi connectivity index (χ0) is 27.1. The van der Waals surface area contributed by atoms with E-state index in [9.17, 15) is 38.0 Å². The number of carboxylic acids is 1. The summed E-state index contributed by atoms with van der Waals surface area (Å²) in [5.41, 5.74) is -1.56. The van der Waals surface area contributed by atoms with Gasteiger partial charge in [-0.1, -0.05) is 19.1 Å². The Bertz CT molecular complexity index is 1640. The van der Waals surface area contributed by atoms with Crippen molar-refractivity contribution in [1.82, 2.24) is 13.9 Å². The first-order valence-corrected chi connectivity index (χ1v) is 12.6. The number of rotatable bonds is 7. The van der Waals surface area contributed by atoms with E-state index >= 15 is 0 Å². The molecule has 37 heavy (non-hydrogen) atoms. The summed E-state index contributed by atoms with van der Waals surface area (Å²) in [6, 6.07) is 10.1. The van der Waals surface area contributed by atoms with Crippen LogP contribution in [-0.4, -0.2) is 46.6 Å². The Hall–Kier alpha value is -4.30. The lowest BCUT2D eigenvalue weighted by molar-refractivity contribution is -0.385. The van der Waals surface area contributed by atoms with Gasteiger partial charge in [-0.3, -0.25) is 28.3 Å². The van der Waals surface area contributed by atoms with Crippen LogP contribution in [0.3, 0.4) is 0 Å². The van der Waals surface area contributed by atoms with Crippen LogP contribution < -0.4 is 20.3 Å². The Morgan fingerprint density at radius 3 is 2.32 bits per heavy atom. The first kappa shape index (κ1) is 25.8. The molecule has 0 spiro atoms. The number of nitro benzene ring substituents is 1. The summed E-state index contributed by atoms with van der Waals surface area (Å²) in [4.78, 5) is 49.7. The Balaban J connectivity index is 1.91. The second-order valence-electron chi connectivity index (χ2n) is 8.30. The van der Waals surface area contributed by atoms with E-state index in [1.807, 2.05) is 0 Å². The molecular formula is C23H23N5O8S. The predicted molar refractivity (Wildman–Crippen MR) is 134 cm³/mol. The Morgan fingerprint density at radius 2 is 1.78 bits per heavy atom. The number of nitrogens with zero attached hydrogens (tertiary/aromatic N) is 4. The number of benzene rings is 2. The number of hydrogen-bond donors (Lipinski definition) is 2. The molecule has 13 nitrogen and oxygen atoms in total. The van der Waals surface area contributed by atoms with E-state index < -0.39 is 37.9 Å². The maximum Gasteiger partial charge on any atom is 0.343 e. The van der Waals surface area contributed by atoms with Gasteiger partial charge in [0.05, 0.1) is 22.8 Å². The summed E-state index contributed by atoms with van der Waals surface area (Å²) in [6.07, 6.45) is 0.0367. The van der Waals surface area contributed by atoms with Crippen LogP contribution in [0.4, 0.5) is 11.4 Å². The number of aromatic nitrogens is 2. The number of hydrogen-bond acceptors (Lipinski definition) is 7. The van der Waals surface area contributed by atoms with Gasteiger partial charge in [0, 0.05) is 30.4 Å². The summed E-state index contributed by atoms with van der Waals surface area (Å²) >= 11 is 0. The number of nitro groups is 1. The van der Waals surface area contributed by atoms with Crippen molar-refractivity contribution in [2.24, 2.45) is 0 Å². The fourth-order valence-electron chi connectivity index (χ4n) is 4.37. The van der Waals surface area contributed by atoms with Gasteiger partial charge in [-0.05, 0) is 43.2 Å². The highest BCUT2D eigenvalue weighted by molar-refractivity contribution is 7.91. The molecule has 14 heteroatoms. The molecule has 0 atom stereocenters. The summed E-state index contributed by atoms with van der Waals surface area (Å²) < 4.78 is 29.7. The monoisotopic (exact) mass is 529 g/mol. The lowest BCUT2D eigenvalue weighted by Gasteiger charge is -2.19. The van der Waals surface area contributed by atoms with Crippen LogP contribution >= 0.6 is 0 Å². The molecule has 0 saturated carbocycles. The average molecular weight is 530 g/mol. The molecule has 3 aromatic rings. The van der Waals surface area contributed by atoms with Crippen molar-refractivity contribution in [1.29, 1.82) is 0 Å². The molecule has 4 rings (SSSR count). The number of anilines is 1. The molecular weight excluding hydrogens is 506 g/mol. The van der Waals surface area contributed by atoms with Gasteiger partial charge in [0.1, 0.15) is 5.56 Å². The Labute approximate surface area is 210 Å². The number of carbonyl (C=O) groups is 1. The van der Waals surface area contributed by atoms with E-state index in [1.165, 1.54) is 49.4 Å². The highest BCUT2D eigenvalue weighted by Crippen LogP contribution is 2.23. The van der Waals surface area contributed by atoms with Crippen molar-refractivity contribution in [3.05, 3.63) is 95.8 Å². The quantitative estimate of drug-likeness (QED) is 0.339. The number of aromatic carboxylic acids is 1. The zero-order valence-corrected chi connectivity index (χ0v) is 20.7. The van der Waals surface area contributed by atoms with Gasteiger partial charge in [0.2, 0.25) is 0 Å². The first-order chi connectivity index (χ1) is 17.5. The lowest BCUT2D eigenvalue weighted by atomic mass is 10.1. The highest BCUT2D eigenvalue weighted by Gasteiger charge is 2.28. The van der Waals surface area contributed by atoms with Crippen LogP contribution in [0, 0.1) is 17.0 Å². The molecule has 0 radical (unpaired) electrons. The van der Waals surface area contributed by atoms with Gasteiger partial charge < -0.3 is 5.11 Å². The third kappa shape index (κ3) is 4.51. The summed E-state index contributed by atoms with van der Waals surface area (Å²) in [7, 11) is -3.67. The van der Waals surface area contributed by atoms with Gasteiger partial charge in [0.25, 0.3) is 11.2 Å². The van der Waals surface area contributed by atoms with Crippen LogP contribution in [0.1, 0.15) is 34.1 Å². The molecule has 2 N–H and O–H groups in total. The molecule has 1 fully saturated rings. The maximum absolute atomic E-state index is 13.6. The third-order valence-corrected chi connectivity index (χ3v) is 7.76. The molecule has 0 bridgehead atoms. The second-order valence-corrected chi connectivity index (χ2v) is 9.98. The molecule has 1 aliphatic heterocycles. The van der Waals surface area contributed by atoms with E-state index in [0.29, 0.717) is 11.3 Å². The molecule has 0 aliphatic carbocycles. The van der Waals surface area contributed by atoms with Gasteiger partial charge in [0.15, 0.2) is 0 Å². The molecule has 0 amide bonds.